The summed E-state index contributed by atoms with van der Waals surface area (Å²) >= 11 is 1.31. The van der Waals surface area contributed by atoms with E-state index in [1.807, 2.05) is 33.8 Å². The lowest BCUT2D eigenvalue weighted by atomic mass is 9.87. The number of hydroxylamine groups is 1. The maximum Gasteiger partial charge on any atom is 0.284 e. The summed E-state index contributed by atoms with van der Waals surface area (Å²) in [6.45, 7) is 8.12. The van der Waals surface area contributed by atoms with E-state index in [4.69, 9.17) is 5.21 Å². The highest BCUT2D eigenvalue weighted by Gasteiger charge is 2.20. The first-order valence-electron chi connectivity index (χ1n) is 6.29. The van der Waals surface area contributed by atoms with E-state index in [2.05, 4.69) is 0 Å². The molecule has 0 saturated heterocycles. The second-order valence-electron chi connectivity index (χ2n) is 6.02. The van der Waals surface area contributed by atoms with Crippen LogP contribution >= 0.6 is 11.3 Å². The molecule has 5 heteroatoms. The number of thiophene rings is 1. The van der Waals surface area contributed by atoms with E-state index >= 15 is 0 Å². The fourth-order valence-corrected chi connectivity index (χ4v) is 2.85. The molecule has 0 radical (unpaired) electrons. The Bertz CT molecular complexity index is 460. The Hall–Kier alpha value is -1.20. The quantitative estimate of drug-likeness (QED) is 0.643. The molecule has 1 amide bonds. The van der Waals surface area contributed by atoms with Gasteiger partial charge in [-0.05, 0) is 23.5 Å². The lowest BCUT2D eigenvalue weighted by Crippen LogP contribution is -2.16. The van der Waals surface area contributed by atoms with Gasteiger partial charge in [-0.15, -0.1) is 11.3 Å². The molecule has 1 rings (SSSR count). The van der Waals surface area contributed by atoms with Gasteiger partial charge in [0, 0.05) is 17.7 Å². The van der Waals surface area contributed by atoms with Gasteiger partial charge < -0.3 is 0 Å². The van der Waals surface area contributed by atoms with Crippen LogP contribution in [0.2, 0.25) is 0 Å². The Morgan fingerprint density at radius 3 is 2.53 bits per heavy atom. The number of carbonyl (C=O) groups is 2. The molecule has 106 valence electrons. The molecule has 0 spiro atoms. The Morgan fingerprint density at radius 1 is 1.37 bits per heavy atom. The van der Waals surface area contributed by atoms with Gasteiger partial charge in [-0.3, -0.25) is 14.8 Å². The Balaban J connectivity index is 2.63. The van der Waals surface area contributed by atoms with Crippen LogP contribution in [0.25, 0.3) is 0 Å². The molecule has 0 fully saturated rings. The van der Waals surface area contributed by atoms with Crippen molar-refractivity contribution in [3.63, 3.8) is 0 Å². The second kappa shape index (κ2) is 6.30. The third kappa shape index (κ3) is 5.12. The van der Waals surface area contributed by atoms with Gasteiger partial charge in [-0.1, -0.05) is 27.7 Å². The second-order valence-corrected chi connectivity index (χ2v) is 7.14. The van der Waals surface area contributed by atoms with Crippen LogP contribution in [0.3, 0.4) is 0 Å². The number of nitrogens with one attached hydrogen (secondary N) is 1. The van der Waals surface area contributed by atoms with Crippen LogP contribution in [0.15, 0.2) is 12.1 Å². The average Bonchev–Trinajstić information content (AvgIpc) is 2.74. The van der Waals surface area contributed by atoms with E-state index in [0.717, 1.165) is 4.88 Å². The molecule has 0 unspecified atom stereocenters. The minimum Gasteiger partial charge on any atom is -0.300 e. The summed E-state index contributed by atoms with van der Waals surface area (Å²) in [7, 11) is 0. The SMILES string of the molecule is C[C@@H](CC(=O)CC(C)(C)C)c1ccc(C(=O)NO)s1. The molecular weight excluding hydrogens is 262 g/mol. The molecular formula is C14H21NO3S. The van der Waals surface area contributed by atoms with Crippen molar-refractivity contribution < 1.29 is 14.8 Å². The molecule has 0 aliphatic heterocycles. The molecule has 19 heavy (non-hydrogen) atoms. The van der Waals surface area contributed by atoms with E-state index in [0.29, 0.717) is 17.7 Å². The Labute approximate surface area is 117 Å². The van der Waals surface area contributed by atoms with Crippen molar-refractivity contribution in [2.75, 3.05) is 0 Å². The average molecular weight is 283 g/mol. The molecule has 0 aromatic carbocycles. The van der Waals surface area contributed by atoms with Crippen molar-refractivity contribution in [1.29, 1.82) is 0 Å². The standard InChI is InChI=1S/C14H21NO3S/c1-9(7-10(16)8-14(2,3)4)11-5-6-12(19-11)13(17)15-18/h5-6,9,18H,7-8H2,1-4H3,(H,15,17)/t9-/m0/s1. The van der Waals surface area contributed by atoms with E-state index < -0.39 is 5.91 Å². The molecule has 4 nitrogen and oxygen atoms in total. The van der Waals surface area contributed by atoms with Gasteiger partial charge in [-0.2, -0.15) is 0 Å². The highest BCUT2D eigenvalue weighted by molar-refractivity contribution is 7.14. The van der Waals surface area contributed by atoms with Crippen molar-refractivity contribution in [2.45, 2.75) is 46.5 Å². The van der Waals surface area contributed by atoms with Gasteiger partial charge in [0.25, 0.3) is 5.91 Å². The number of hydrogen-bond acceptors (Lipinski definition) is 4. The monoisotopic (exact) mass is 283 g/mol. The first kappa shape index (κ1) is 15.9. The summed E-state index contributed by atoms with van der Waals surface area (Å²) in [6, 6.07) is 3.50. The highest BCUT2D eigenvalue weighted by Crippen LogP contribution is 2.29. The van der Waals surface area contributed by atoms with Crippen molar-refractivity contribution in [1.82, 2.24) is 5.48 Å². The van der Waals surface area contributed by atoms with Crippen LogP contribution in [-0.2, 0) is 4.79 Å². The van der Waals surface area contributed by atoms with Crippen molar-refractivity contribution in [2.24, 2.45) is 5.41 Å². The highest BCUT2D eigenvalue weighted by atomic mass is 32.1. The predicted octanol–water partition coefficient (Wildman–Crippen LogP) is 3.37. The Kier molecular flexibility index (Phi) is 5.26. The Morgan fingerprint density at radius 2 is 2.00 bits per heavy atom. The molecule has 2 N–H and O–H groups in total. The smallest absolute Gasteiger partial charge is 0.284 e. The van der Waals surface area contributed by atoms with Gasteiger partial charge in [0.05, 0.1) is 4.88 Å². The van der Waals surface area contributed by atoms with Gasteiger partial charge in [0.15, 0.2) is 0 Å². The third-order valence-electron chi connectivity index (χ3n) is 2.70. The predicted molar refractivity (Wildman–Crippen MR) is 75.7 cm³/mol. The topological polar surface area (TPSA) is 66.4 Å². The zero-order valence-corrected chi connectivity index (χ0v) is 12.6. The molecule has 1 heterocycles. The lowest BCUT2D eigenvalue weighted by molar-refractivity contribution is -0.121. The first-order valence-corrected chi connectivity index (χ1v) is 7.10. The zero-order valence-electron chi connectivity index (χ0n) is 11.8. The van der Waals surface area contributed by atoms with Gasteiger partial charge >= 0.3 is 0 Å². The molecule has 0 bridgehead atoms. The van der Waals surface area contributed by atoms with Gasteiger partial charge in [0.2, 0.25) is 0 Å². The summed E-state index contributed by atoms with van der Waals surface area (Å²) < 4.78 is 0. The number of rotatable bonds is 5. The fourth-order valence-electron chi connectivity index (χ4n) is 1.90. The van der Waals surface area contributed by atoms with E-state index in [-0.39, 0.29) is 17.1 Å². The van der Waals surface area contributed by atoms with Crippen LogP contribution in [0, 0.1) is 5.41 Å². The summed E-state index contributed by atoms with van der Waals surface area (Å²) in [5.74, 6) is -0.175. The van der Waals surface area contributed by atoms with Crippen LogP contribution in [0.1, 0.15) is 61.0 Å². The summed E-state index contributed by atoms with van der Waals surface area (Å²) in [5, 5.41) is 8.56. The van der Waals surface area contributed by atoms with Crippen LogP contribution in [-0.4, -0.2) is 16.9 Å². The molecule has 0 aliphatic carbocycles. The van der Waals surface area contributed by atoms with E-state index in [1.165, 1.54) is 11.3 Å². The van der Waals surface area contributed by atoms with Gasteiger partial charge in [-0.25, -0.2) is 5.48 Å². The number of ketones is 1. The molecule has 0 saturated carbocycles. The van der Waals surface area contributed by atoms with Crippen LogP contribution < -0.4 is 5.48 Å². The number of carbonyl (C=O) groups excluding carboxylic acids is 2. The first-order chi connectivity index (χ1) is 8.73. The zero-order chi connectivity index (χ0) is 14.6. The molecule has 1 aromatic rings. The summed E-state index contributed by atoms with van der Waals surface area (Å²) in [5.41, 5.74) is 1.62. The third-order valence-corrected chi connectivity index (χ3v) is 4.01. The lowest BCUT2D eigenvalue weighted by Gasteiger charge is -2.18. The normalized spacial score (nSPS) is 13.1. The maximum absolute atomic E-state index is 11.9. The minimum absolute atomic E-state index is 0.00812. The van der Waals surface area contributed by atoms with Crippen molar-refractivity contribution in [3.05, 3.63) is 21.9 Å². The van der Waals surface area contributed by atoms with Crippen molar-refractivity contribution >= 4 is 23.0 Å². The summed E-state index contributed by atoms with van der Waals surface area (Å²) in [6.07, 6.45) is 1.05. The fraction of sp³-hybridized carbons (Fsp3) is 0.571. The number of Topliss-reactive ketones (excluding diaryl/α,β-unsaturated/α-hetero) is 1. The van der Waals surface area contributed by atoms with Gasteiger partial charge in [0.1, 0.15) is 5.78 Å². The van der Waals surface area contributed by atoms with E-state index in [9.17, 15) is 9.59 Å². The van der Waals surface area contributed by atoms with Crippen LogP contribution in [0.4, 0.5) is 0 Å². The largest absolute Gasteiger partial charge is 0.300 e. The van der Waals surface area contributed by atoms with Crippen LogP contribution in [0.5, 0.6) is 0 Å². The molecule has 0 aliphatic rings. The number of amides is 1. The van der Waals surface area contributed by atoms with Crippen molar-refractivity contribution in [3.8, 4) is 0 Å². The number of hydrogen-bond donors (Lipinski definition) is 2. The summed E-state index contributed by atoms with van der Waals surface area (Å²) in [4.78, 5) is 24.6. The molecule has 1 aromatic heterocycles. The maximum atomic E-state index is 11.9. The van der Waals surface area contributed by atoms with E-state index in [1.54, 1.807) is 11.5 Å². The molecule has 1 atom stereocenters. The minimum atomic E-state index is -0.510.